The van der Waals surface area contributed by atoms with Gasteiger partial charge in [-0.05, 0) is 74.6 Å². The molecule has 2 aromatic rings. The molecule has 3 aliphatic carbocycles. The van der Waals surface area contributed by atoms with Gasteiger partial charge >= 0.3 is 0 Å². The molecule has 2 bridgehead atoms. The van der Waals surface area contributed by atoms with Crippen LogP contribution in [-0.4, -0.2) is 68.5 Å². The van der Waals surface area contributed by atoms with E-state index in [0.717, 1.165) is 69.1 Å². The SMILES string of the molecule is COc1ccc2c3c1O[C@H]1C4(CC[C@@]5(OCCCc6ccccc6)C(C2)N(CC2CC2)CCC315)OCCO4. The van der Waals surface area contributed by atoms with Crippen molar-refractivity contribution < 1.29 is 23.7 Å². The van der Waals surface area contributed by atoms with E-state index in [4.69, 9.17) is 23.7 Å². The zero-order chi connectivity index (χ0) is 25.4. The molecule has 3 heterocycles. The average Bonchev–Trinajstić information content (AvgIpc) is 3.51. The summed E-state index contributed by atoms with van der Waals surface area (Å²) in [4.78, 5) is 2.79. The number of piperidine rings is 1. The molecule has 6 heteroatoms. The Bertz CT molecular complexity index is 1210. The van der Waals surface area contributed by atoms with Crippen LogP contribution >= 0.6 is 0 Å². The topological polar surface area (TPSA) is 49.4 Å². The maximum atomic E-state index is 7.35. The summed E-state index contributed by atoms with van der Waals surface area (Å²) in [7, 11) is 1.75. The van der Waals surface area contributed by atoms with Crippen molar-refractivity contribution in [2.45, 2.75) is 80.3 Å². The largest absolute Gasteiger partial charge is 0.493 e. The fraction of sp³-hybridized carbons (Fsp3) is 0.625. The van der Waals surface area contributed by atoms with Crippen molar-refractivity contribution in [1.29, 1.82) is 0 Å². The fourth-order valence-electron chi connectivity index (χ4n) is 8.80. The Morgan fingerprint density at radius 3 is 2.63 bits per heavy atom. The van der Waals surface area contributed by atoms with Gasteiger partial charge in [-0.25, -0.2) is 0 Å². The lowest BCUT2D eigenvalue weighted by atomic mass is 9.48. The van der Waals surface area contributed by atoms with Crippen LogP contribution in [0, 0.1) is 5.92 Å². The molecule has 2 unspecified atom stereocenters. The predicted octanol–water partition coefficient (Wildman–Crippen LogP) is 4.66. The number of rotatable bonds is 8. The zero-order valence-corrected chi connectivity index (χ0v) is 22.5. The fourth-order valence-corrected chi connectivity index (χ4v) is 8.80. The first-order valence-electron chi connectivity index (χ1n) is 14.8. The first-order valence-corrected chi connectivity index (χ1v) is 14.8. The van der Waals surface area contributed by atoms with E-state index in [1.54, 1.807) is 7.11 Å². The van der Waals surface area contributed by atoms with Crippen LogP contribution in [0.4, 0.5) is 0 Å². The van der Waals surface area contributed by atoms with Crippen LogP contribution in [0.3, 0.4) is 0 Å². The van der Waals surface area contributed by atoms with Gasteiger partial charge in [0, 0.05) is 31.2 Å². The van der Waals surface area contributed by atoms with Gasteiger partial charge in [-0.3, -0.25) is 4.90 Å². The smallest absolute Gasteiger partial charge is 0.207 e. The second-order valence-corrected chi connectivity index (χ2v) is 12.3. The van der Waals surface area contributed by atoms with E-state index in [0.29, 0.717) is 19.3 Å². The lowest BCUT2D eigenvalue weighted by Gasteiger charge is -2.67. The molecule has 4 atom stereocenters. The number of hydrogen-bond donors (Lipinski definition) is 0. The molecule has 8 rings (SSSR count). The number of benzene rings is 2. The van der Waals surface area contributed by atoms with E-state index >= 15 is 0 Å². The van der Waals surface area contributed by atoms with Crippen molar-refractivity contribution in [2.24, 2.45) is 5.92 Å². The molecule has 38 heavy (non-hydrogen) atoms. The molecule has 3 aliphatic heterocycles. The van der Waals surface area contributed by atoms with E-state index < -0.39 is 5.79 Å². The van der Waals surface area contributed by atoms with Gasteiger partial charge in [0.1, 0.15) is 0 Å². The summed E-state index contributed by atoms with van der Waals surface area (Å²) in [5.74, 6) is 1.86. The molecule has 0 radical (unpaired) electrons. The maximum Gasteiger partial charge on any atom is 0.207 e. The Hall–Kier alpha value is -2.12. The van der Waals surface area contributed by atoms with Crippen LogP contribution in [0.15, 0.2) is 42.5 Å². The van der Waals surface area contributed by atoms with Crippen LogP contribution in [0.5, 0.6) is 11.5 Å². The summed E-state index contributed by atoms with van der Waals surface area (Å²) < 4.78 is 33.2. The Morgan fingerprint density at radius 1 is 1.00 bits per heavy atom. The molecule has 0 N–H and O–H groups in total. The van der Waals surface area contributed by atoms with Crippen LogP contribution < -0.4 is 9.47 Å². The Balaban J connectivity index is 1.22. The third-order valence-electron chi connectivity index (χ3n) is 10.5. The Kier molecular flexibility index (Phi) is 5.43. The highest BCUT2D eigenvalue weighted by molar-refractivity contribution is 5.63. The summed E-state index contributed by atoms with van der Waals surface area (Å²) >= 11 is 0. The third-order valence-corrected chi connectivity index (χ3v) is 10.5. The van der Waals surface area contributed by atoms with Crippen molar-refractivity contribution in [3.8, 4) is 11.5 Å². The van der Waals surface area contributed by atoms with Crippen molar-refractivity contribution in [2.75, 3.05) is 40.0 Å². The highest BCUT2D eigenvalue weighted by Crippen LogP contribution is 2.69. The van der Waals surface area contributed by atoms with Crippen LogP contribution in [0.25, 0.3) is 0 Å². The minimum Gasteiger partial charge on any atom is -0.493 e. The lowest BCUT2D eigenvalue weighted by molar-refractivity contribution is -0.306. The number of ether oxygens (including phenoxy) is 5. The van der Waals surface area contributed by atoms with E-state index in [-0.39, 0.29) is 17.1 Å². The van der Waals surface area contributed by atoms with Gasteiger partial charge < -0.3 is 23.7 Å². The number of methoxy groups -OCH3 is 1. The van der Waals surface area contributed by atoms with Crippen LogP contribution in [-0.2, 0) is 32.5 Å². The molecule has 6 nitrogen and oxygen atoms in total. The first-order chi connectivity index (χ1) is 18.7. The quantitative estimate of drug-likeness (QED) is 0.475. The normalized spacial score (nSPS) is 34.2. The Labute approximate surface area is 225 Å². The van der Waals surface area contributed by atoms with Gasteiger partial charge in [0.2, 0.25) is 5.79 Å². The van der Waals surface area contributed by atoms with E-state index in [2.05, 4.69) is 47.4 Å². The number of aryl methyl sites for hydroxylation is 1. The number of fused-ring (bicyclic) bond motifs is 1. The first kappa shape index (κ1) is 23.7. The van der Waals surface area contributed by atoms with E-state index in [1.807, 2.05) is 0 Å². The highest BCUT2D eigenvalue weighted by atomic mass is 16.8. The predicted molar refractivity (Wildman–Crippen MR) is 143 cm³/mol. The number of nitrogens with zero attached hydrogens (tertiary/aromatic N) is 1. The summed E-state index contributed by atoms with van der Waals surface area (Å²) in [6.07, 6.45) is 8.30. The monoisotopic (exact) mass is 517 g/mol. The van der Waals surface area contributed by atoms with Gasteiger partial charge in [-0.2, -0.15) is 0 Å². The van der Waals surface area contributed by atoms with Crippen LogP contribution in [0.2, 0.25) is 0 Å². The number of hydrogen-bond acceptors (Lipinski definition) is 6. The lowest BCUT2D eigenvalue weighted by Crippen LogP contribution is -2.80. The molecule has 202 valence electrons. The molecule has 2 saturated carbocycles. The molecular weight excluding hydrogens is 478 g/mol. The molecule has 2 saturated heterocycles. The van der Waals surface area contributed by atoms with Crippen molar-refractivity contribution >= 4 is 0 Å². The molecule has 0 amide bonds. The van der Waals surface area contributed by atoms with E-state index in [9.17, 15) is 0 Å². The number of likely N-dealkylation sites (tertiary alicyclic amines) is 1. The summed E-state index contributed by atoms with van der Waals surface area (Å²) in [5.41, 5.74) is 3.47. The third kappa shape index (κ3) is 3.21. The molecule has 4 fully saturated rings. The summed E-state index contributed by atoms with van der Waals surface area (Å²) in [6.45, 7) is 4.26. The molecule has 6 aliphatic rings. The van der Waals surface area contributed by atoms with Gasteiger partial charge in [0.15, 0.2) is 17.6 Å². The molecule has 2 aromatic carbocycles. The maximum absolute atomic E-state index is 7.35. The highest BCUT2D eigenvalue weighted by Gasteiger charge is 2.78. The van der Waals surface area contributed by atoms with Crippen molar-refractivity contribution in [1.82, 2.24) is 4.90 Å². The molecule has 0 aromatic heterocycles. The average molecular weight is 518 g/mol. The van der Waals surface area contributed by atoms with Crippen LogP contribution in [0.1, 0.15) is 55.2 Å². The van der Waals surface area contributed by atoms with Crippen molar-refractivity contribution in [3.63, 3.8) is 0 Å². The van der Waals surface area contributed by atoms with Gasteiger partial charge in [-0.1, -0.05) is 36.4 Å². The Morgan fingerprint density at radius 2 is 1.84 bits per heavy atom. The van der Waals surface area contributed by atoms with Gasteiger partial charge in [0.25, 0.3) is 0 Å². The van der Waals surface area contributed by atoms with Crippen molar-refractivity contribution in [3.05, 3.63) is 59.2 Å². The zero-order valence-electron chi connectivity index (χ0n) is 22.5. The standard InChI is InChI=1S/C32H39NO5/c1-34-25-12-11-24-20-26-31(35-17-5-8-22-6-3-2-4-7-22)13-14-32(36-18-19-37-32)29-30(31,27(24)28(25)38-29)15-16-33(26)21-23-9-10-23/h2-4,6-7,11-12,23,26,29H,5,8-10,13-21H2,1H3/t26?,29-,30?,31-/m1/s1. The second kappa shape index (κ2) is 8.69. The minimum atomic E-state index is -0.710. The molecular formula is C32H39NO5. The summed E-state index contributed by atoms with van der Waals surface area (Å²) in [6, 6.07) is 15.5. The summed E-state index contributed by atoms with van der Waals surface area (Å²) in [5, 5.41) is 0. The van der Waals surface area contributed by atoms with Gasteiger partial charge in [0.05, 0.1) is 31.3 Å². The molecule has 2 spiro atoms. The minimum absolute atomic E-state index is 0.226. The second-order valence-electron chi connectivity index (χ2n) is 12.3. The van der Waals surface area contributed by atoms with E-state index in [1.165, 1.54) is 36.1 Å². The van der Waals surface area contributed by atoms with Gasteiger partial charge in [-0.15, -0.1) is 0 Å².